The lowest BCUT2D eigenvalue weighted by molar-refractivity contribution is -0.150. The monoisotopic (exact) mass is 449 g/mol. The minimum absolute atomic E-state index is 0.0661. The van der Waals surface area contributed by atoms with Crippen LogP contribution < -0.4 is 4.74 Å². The van der Waals surface area contributed by atoms with Crippen LogP contribution in [0.5, 0.6) is 5.75 Å². The molecule has 0 bridgehead atoms. The highest BCUT2D eigenvalue weighted by Gasteiger charge is 2.41. The number of carbonyl (C=O) groups excluding carboxylic acids is 2. The number of esters is 1. The first-order valence-electron chi connectivity index (χ1n) is 9.76. The molecular weight excluding hydrogens is 425 g/mol. The van der Waals surface area contributed by atoms with E-state index in [-0.39, 0.29) is 35.9 Å². The molecule has 31 heavy (non-hydrogen) atoms. The molecule has 1 aliphatic rings. The fourth-order valence-corrected chi connectivity index (χ4v) is 4.17. The lowest BCUT2D eigenvalue weighted by Gasteiger charge is -2.22. The van der Waals surface area contributed by atoms with Gasteiger partial charge in [-0.25, -0.2) is 17.6 Å². The van der Waals surface area contributed by atoms with Crippen molar-refractivity contribution >= 4 is 21.7 Å². The Morgan fingerprint density at radius 3 is 2.42 bits per heavy atom. The second-order valence-corrected chi connectivity index (χ2v) is 9.42. The maximum absolute atomic E-state index is 13.9. The maximum Gasteiger partial charge on any atom is 0.328 e. The van der Waals surface area contributed by atoms with Gasteiger partial charge in [-0.1, -0.05) is 24.3 Å². The normalized spacial score (nSPS) is 18.6. The predicted octanol–water partition coefficient (Wildman–Crippen LogP) is 2.38. The molecule has 1 aliphatic heterocycles. The van der Waals surface area contributed by atoms with Crippen LogP contribution in [0.25, 0.3) is 0 Å². The van der Waals surface area contributed by atoms with Crippen LogP contribution in [0.3, 0.4) is 0 Å². The number of halogens is 1. The Hall–Kier alpha value is -2.94. The van der Waals surface area contributed by atoms with Crippen LogP contribution in [-0.4, -0.2) is 57.3 Å². The van der Waals surface area contributed by atoms with Crippen molar-refractivity contribution in [3.63, 3.8) is 0 Å². The molecule has 2 aromatic carbocycles. The number of rotatable bonds is 7. The molecular formula is C22H24FNO6S. The molecule has 166 valence electrons. The number of aryl methyl sites for hydroxylation is 1. The summed E-state index contributed by atoms with van der Waals surface area (Å²) in [5.41, 5.74) is 0.800. The van der Waals surface area contributed by atoms with Gasteiger partial charge >= 0.3 is 5.97 Å². The van der Waals surface area contributed by atoms with E-state index in [2.05, 4.69) is 0 Å². The SMILES string of the molecule is COC(=O)[C@H]1C[C@@H](Oc2ccccc2F)CN1C(=O)CCc1ccc(S(C)(=O)=O)cc1. The van der Waals surface area contributed by atoms with E-state index in [0.29, 0.717) is 6.42 Å². The van der Waals surface area contributed by atoms with Crippen LogP contribution in [0, 0.1) is 5.82 Å². The highest BCUT2D eigenvalue weighted by molar-refractivity contribution is 7.90. The fourth-order valence-electron chi connectivity index (χ4n) is 3.54. The Balaban J connectivity index is 1.66. The first-order valence-corrected chi connectivity index (χ1v) is 11.7. The maximum atomic E-state index is 13.9. The molecule has 3 rings (SSSR count). The van der Waals surface area contributed by atoms with Gasteiger partial charge in [0.2, 0.25) is 5.91 Å². The van der Waals surface area contributed by atoms with Crippen molar-refractivity contribution in [2.24, 2.45) is 0 Å². The summed E-state index contributed by atoms with van der Waals surface area (Å²) in [6.45, 7) is 0.139. The molecule has 0 spiro atoms. The minimum atomic E-state index is -3.29. The summed E-state index contributed by atoms with van der Waals surface area (Å²) in [6.07, 6.45) is 1.30. The van der Waals surface area contributed by atoms with Crippen LogP contribution in [0.1, 0.15) is 18.4 Å². The number of carbonyl (C=O) groups is 2. The molecule has 9 heteroatoms. The van der Waals surface area contributed by atoms with E-state index >= 15 is 0 Å². The zero-order valence-corrected chi connectivity index (χ0v) is 18.1. The third-order valence-corrected chi connectivity index (χ3v) is 6.29. The Morgan fingerprint density at radius 2 is 1.81 bits per heavy atom. The van der Waals surface area contributed by atoms with E-state index in [1.54, 1.807) is 24.3 Å². The summed E-state index contributed by atoms with van der Waals surface area (Å²) in [5.74, 6) is -1.26. The third-order valence-electron chi connectivity index (χ3n) is 5.17. The molecule has 1 fully saturated rings. The average molecular weight is 450 g/mol. The third kappa shape index (κ3) is 5.61. The summed E-state index contributed by atoms with van der Waals surface area (Å²) in [6, 6.07) is 11.5. The zero-order chi connectivity index (χ0) is 22.6. The number of amides is 1. The second kappa shape index (κ2) is 9.47. The first kappa shape index (κ1) is 22.7. The molecule has 0 saturated carbocycles. The summed E-state index contributed by atoms with van der Waals surface area (Å²) >= 11 is 0. The number of likely N-dealkylation sites (tertiary alicyclic amines) is 1. The van der Waals surface area contributed by atoms with E-state index < -0.39 is 33.8 Å². The molecule has 0 N–H and O–H groups in total. The largest absolute Gasteiger partial charge is 0.485 e. The number of ether oxygens (including phenoxy) is 2. The van der Waals surface area contributed by atoms with Gasteiger partial charge in [0.05, 0.1) is 18.6 Å². The molecule has 0 radical (unpaired) electrons. The predicted molar refractivity (Wildman–Crippen MR) is 111 cm³/mol. The topological polar surface area (TPSA) is 90.0 Å². The average Bonchev–Trinajstić information content (AvgIpc) is 3.17. The second-order valence-electron chi connectivity index (χ2n) is 7.41. The van der Waals surface area contributed by atoms with Gasteiger partial charge in [0.25, 0.3) is 0 Å². The summed E-state index contributed by atoms with van der Waals surface area (Å²) in [7, 11) is -2.04. The Morgan fingerprint density at radius 1 is 1.13 bits per heavy atom. The van der Waals surface area contributed by atoms with Crippen molar-refractivity contribution in [1.29, 1.82) is 0 Å². The van der Waals surface area contributed by atoms with E-state index in [9.17, 15) is 22.4 Å². The minimum Gasteiger partial charge on any atom is -0.485 e. The smallest absolute Gasteiger partial charge is 0.328 e. The van der Waals surface area contributed by atoms with Crippen LogP contribution in [-0.2, 0) is 30.6 Å². The van der Waals surface area contributed by atoms with Crippen LogP contribution in [0.4, 0.5) is 4.39 Å². The molecule has 1 heterocycles. The van der Waals surface area contributed by atoms with Gasteiger partial charge < -0.3 is 14.4 Å². The highest BCUT2D eigenvalue weighted by Crippen LogP contribution is 2.26. The van der Waals surface area contributed by atoms with Crippen LogP contribution in [0.2, 0.25) is 0 Å². The van der Waals surface area contributed by atoms with Crippen LogP contribution >= 0.6 is 0 Å². The van der Waals surface area contributed by atoms with Crippen LogP contribution in [0.15, 0.2) is 53.4 Å². The van der Waals surface area contributed by atoms with Gasteiger partial charge in [0, 0.05) is 19.1 Å². The van der Waals surface area contributed by atoms with Gasteiger partial charge in [-0.2, -0.15) is 0 Å². The fraction of sp³-hybridized carbons (Fsp3) is 0.364. The van der Waals surface area contributed by atoms with Crippen molar-refractivity contribution in [2.45, 2.75) is 36.3 Å². The lowest BCUT2D eigenvalue weighted by atomic mass is 10.1. The van der Waals surface area contributed by atoms with Gasteiger partial charge in [-0.3, -0.25) is 4.79 Å². The standard InChI is InChI=1S/C22H24FNO6S/c1-29-22(26)19-13-16(30-20-6-4-3-5-18(20)23)14-24(19)21(25)12-9-15-7-10-17(11-8-15)31(2,27)28/h3-8,10-11,16,19H,9,12-14H2,1-2H3/t16-,19-/m1/s1. The Kier molecular flexibility index (Phi) is 6.94. The van der Waals surface area contributed by atoms with Crippen molar-refractivity contribution < 1.29 is 31.9 Å². The van der Waals surface area contributed by atoms with E-state index in [4.69, 9.17) is 9.47 Å². The van der Waals surface area contributed by atoms with E-state index in [1.165, 1.54) is 36.3 Å². The highest BCUT2D eigenvalue weighted by atomic mass is 32.2. The Bertz CT molecular complexity index is 1050. The molecule has 7 nitrogen and oxygen atoms in total. The van der Waals surface area contributed by atoms with Gasteiger partial charge in [0.15, 0.2) is 21.4 Å². The molecule has 0 aromatic heterocycles. The summed E-state index contributed by atoms with van der Waals surface area (Å²) in [5, 5.41) is 0. The van der Waals surface area contributed by atoms with Crippen molar-refractivity contribution in [2.75, 3.05) is 19.9 Å². The molecule has 1 amide bonds. The van der Waals surface area contributed by atoms with Gasteiger partial charge in [-0.05, 0) is 36.2 Å². The van der Waals surface area contributed by atoms with Crippen molar-refractivity contribution in [3.05, 3.63) is 59.9 Å². The molecule has 0 aliphatic carbocycles. The van der Waals surface area contributed by atoms with Crippen molar-refractivity contribution in [3.8, 4) is 5.75 Å². The van der Waals surface area contributed by atoms with Gasteiger partial charge in [-0.15, -0.1) is 0 Å². The molecule has 0 unspecified atom stereocenters. The number of sulfone groups is 1. The number of methoxy groups -OCH3 is 1. The number of hydrogen-bond donors (Lipinski definition) is 0. The molecule has 2 aromatic rings. The zero-order valence-electron chi connectivity index (χ0n) is 17.3. The quantitative estimate of drug-likeness (QED) is 0.603. The number of hydrogen-bond acceptors (Lipinski definition) is 6. The number of nitrogens with zero attached hydrogens (tertiary/aromatic N) is 1. The number of para-hydroxylation sites is 1. The first-order chi connectivity index (χ1) is 14.7. The summed E-state index contributed by atoms with van der Waals surface area (Å²) in [4.78, 5) is 26.6. The molecule has 2 atom stereocenters. The number of benzene rings is 2. The lowest BCUT2D eigenvalue weighted by Crippen LogP contribution is -2.41. The summed E-state index contributed by atoms with van der Waals surface area (Å²) < 4.78 is 47.5. The van der Waals surface area contributed by atoms with Crippen molar-refractivity contribution in [1.82, 2.24) is 4.90 Å². The van der Waals surface area contributed by atoms with E-state index in [1.807, 2.05) is 0 Å². The molecule has 1 saturated heterocycles. The van der Waals surface area contributed by atoms with E-state index in [0.717, 1.165) is 11.8 Å². The Labute approximate surface area is 180 Å². The van der Waals surface area contributed by atoms with Gasteiger partial charge in [0.1, 0.15) is 12.1 Å².